The van der Waals surface area contributed by atoms with Gasteiger partial charge in [0.2, 0.25) is 5.91 Å². The fraction of sp³-hybridized carbons (Fsp3) is 0.727. The van der Waals surface area contributed by atoms with Crippen LogP contribution >= 0.6 is 0 Å². The summed E-state index contributed by atoms with van der Waals surface area (Å²) in [7, 11) is 0. The zero-order valence-corrected chi connectivity index (χ0v) is 8.25. The third kappa shape index (κ3) is 1.38. The lowest BCUT2D eigenvalue weighted by molar-refractivity contribution is -0.137. The van der Waals surface area contributed by atoms with Gasteiger partial charge in [0, 0.05) is 19.0 Å². The molecule has 0 unspecified atom stereocenters. The van der Waals surface area contributed by atoms with E-state index in [-0.39, 0.29) is 11.4 Å². The van der Waals surface area contributed by atoms with Crippen LogP contribution in [0.5, 0.6) is 0 Å². The quantitative estimate of drug-likeness (QED) is 0.521. The second kappa shape index (κ2) is 3.17. The lowest BCUT2D eigenvalue weighted by Gasteiger charge is -2.44. The normalized spacial score (nSPS) is 25.5. The van der Waals surface area contributed by atoms with Gasteiger partial charge < -0.3 is 4.90 Å². The Morgan fingerprint density at radius 3 is 2.62 bits per heavy atom. The Bertz CT molecular complexity index is 236. The molecule has 2 rings (SSSR count). The summed E-state index contributed by atoms with van der Waals surface area (Å²) in [6.07, 6.45) is 10.3. The molecule has 1 saturated heterocycles. The van der Waals surface area contributed by atoms with E-state index < -0.39 is 0 Å². The van der Waals surface area contributed by atoms with E-state index in [9.17, 15) is 4.79 Å². The molecule has 0 atom stereocenters. The Hall–Kier alpha value is -0.790. The Morgan fingerprint density at radius 1 is 1.31 bits per heavy atom. The van der Waals surface area contributed by atoms with Crippen LogP contribution in [0.25, 0.3) is 0 Å². The topological polar surface area (TPSA) is 20.3 Å². The van der Waals surface area contributed by atoms with Crippen LogP contribution in [0.1, 0.15) is 39.0 Å². The Balaban J connectivity index is 2.17. The first kappa shape index (κ1) is 8.79. The van der Waals surface area contributed by atoms with Crippen LogP contribution in [0.2, 0.25) is 0 Å². The Morgan fingerprint density at radius 2 is 2.00 bits per heavy atom. The van der Waals surface area contributed by atoms with Crippen molar-refractivity contribution in [2.75, 3.05) is 6.54 Å². The summed E-state index contributed by atoms with van der Waals surface area (Å²) in [5, 5.41) is 0. The smallest absolute Gasteiger partial charge is 0.219 e. The van der Waals surface area contributed by atoms with Crippen molar-refractivity contribution < 1.29 is 4.79 Å². The minimum absolute atomic E-state index is 0.185. The van der Waals surface area contributed by atoms with Gasteiger partial charge in [-0.05, 0) is 32.1 Å². The molecule has 1 heterocycles. The molecule has 0 aromatic rings. The lowest BCUT2D eigenvalue weighted by atomic mass is 9.84. The summed E-state index contributed by atoms with van der Waals surface area (Å²) in [5.74, 6) is 0.253. The van der Waals surface area contributed by atoms with Gasteiger partial charge in [-0.25, -0.2) is 0 Å². The van der Waals surface area contributed by atoms with Gasteiger partial charge in [-0.1, -0.05) is 12.2 Å². The standard InChI is InChI=1S/C11H17NO/c1-10(13)12-9-5-4-8-11(12)6-2-3-7-11/h2-3H,4-9H2,1H3. The van der Waals surface area contributed by atoms with Crippen molar-refractivity contribution in [2.45, 2.75) is 44.6 Å². The molecule has 72 valence electrons. The average Bonchev–Trinajstić information content (AvgIpc) is 2.54. The van der Waals surface area contributed by atoms with Crippen molar-refractivity contribution in [2.24, 2.45) is 0 Å². The molecule has 0 N–H and O–H groups in total. The molecular weight excluding hydrogens is 162 g/mol. The van der Waals surface area contributed by atoms with E-state index in [4.69, 9.17) is 0 Å². The molecule has 0 bridgehead atoms. The molecule has 2 aliphatic rings. The van der Waals surface area contributed by atoms with E-state index in [1.165, 1.54) is 19.3 Å². The highest BCUT2D eigenvalue weighted by Crippen LogP contribution is 2.38. The summed E-state index contributed by atoms with van der Waals surface area (Å²) in [5.41, 5.74) is 0.185. The van der Waals surface area contributed by atoms with Gasteiger partial charge in [0.15, 0.2) is 0 Å². The zero-order chi connectivity index (χ0) is 9.31. The number of likely N-dealkylation sites (tertiary alicyclic amines) is 1. The summed E-state index contributed by atoms with van der Waals surface area (Å²) in [6, 6.07) is 0. The monoisotopic (exact) mass is 179 g/mol. The first-order valence-corrected chi connectivity index (χ1v) is 5.18. The minimum Gasteiger partial charge on any atom is -0.337 e. The second-order valence-electron chi connectivity index (χ2n) is 4.23. The predicted octanol–water partition coefficient (Wildman–Crippen LogP) is 2.11. The zero-order valence-electron chi connectivity index (χ0n) is 8.25. The van der Waals surface area contributed by atoms with Crippen LogP contribution in [-0.4, -0.2) is 22.9 Å². The fourth-order valence-corrected chi connectivity index (χ4v) is 2.70. The highest BCUT2D eigenvalue weighted by Gasteiger charge is 2.40. The maximum absolute atomic E-state index is 11.5. The molecule has 2 nitrogen and oxygen atoms in total. The average molecular weight is 179 g/mol. The Kier molecular flexibility index (Phi) is 2.14. The highest BCUT2D eigenvalue weighted by molar-refractivity contribution is 5.74. The number of rotatable bonds is 0. The number of amides is 1. The summed E-state index contributed by atoms with van der Waals surface area (Å²) < 4.78 is 0. The van der Waals surface area contributed by atoms with Crippen molar-refractivity contribution in [3.05, 3.63) is 12.2 Å². The third-order valence-corrected chi connectivity index (χ3v) is 3.39. The molecule has 1 aliphatic heterocycles. The van der Waals surface area contributed by atoms with Gasteiger partial charge in [-0.2, -0.15) is 0 Å². The van der Waals surface area contributed by atoms with Crippen LogP contribution in [0.3, 0.4) is 0 Å². The van der Waals surface area contributed by atoms with Gasteiger partial charge >= 0.3 is 0 Å². The lowest BCUT2D eigenvalue weighted by Crippen LogP contribution is -2.52. The summed E-state index contributed by atoms with van der Waals surface area (Å²) in [4.78, 5) is 13.6. The predicted molar refractivity (Wildman–Crippen MR) is 52.3 cm³/mol. The maximum Gasteiger partial charge on any atom is 0.219 e. The molecule has 0 aromatic carbocycles. The largest absolute Gasteiger partial charge is 0.337 e. The van der Waals surface area contributed by atoms with Crippen molar-refractivity contribution in [1.82, 2.24) is 4.90 Å². The molecule has 1 spiro atoms. The molecule has 1 amide bonds. The third-order valence-electron chi connectivity index (χ3n) is 3.39. The number of nitrogens with zero attached hydrogens (tertiary/aromatic N) is 1. The number of hydrogen-bond donors (Lipinski definition) is 0. The van der Waals surface area contributed by atoms with Crippen LogP contribution < -0.4 is 0 Å². The van der Waals surface area contributed by atoms with Crippen molar-refractivity contribution in [3.63, 3.8) is 0 Å². The van der Waals surface area contributed by atoms with Gasteiger partial charge in [0.25, 0.3) is 0 Å². The molecule has 0 saturated carbocycles. The summed E-state index contributed by atoms with van der Waals surface area (Å²) in [6.45, 7) is 2.67. The maximum atomic E-state index is 11.5. The van der Waals surface area contributed by atoms with Gasteiger partial charge in [-0.15, -0.1) is 0 Å². The number of piperidine rings is 1. The number of carbonyl (C=O) groups is 1. The van der Waals surface area contributed by atoms with Crippen molar-refractivity contribution >= 4 is 5.91 Å². The van der Waals surface area contributed by atoms with Crippen LogP contribution in [0.15, 0.2) is 12.2 Å². The fourth-order valence-electron chi connectivity index (χ4n) is 2.70. The molecule has 0 radical (unpaired) electrons. The van der Waals surface area contributed by atoms with E-state index in [0.29, 0.717) is 0 Å². The molecular formula is C11H17NO. The van der Waals surface area contributed by atoms with Crippen molar-refractivity contribution in [3.8, 4) is 0 Å². The number of carbonyl (C=O) groups excluding carboxylic acids is 1. The first-order valence-electron chi connectivity index (χ1n) is 5.18. The van der Waals surface area contributed by atoms with Crippen LogP contribution in [0.4, 0.5) is 0 Å². The van der Waals surface area contributed by atoms with Gasteiger partial charge in [-0.3, -0.25) is 4.79 Å². The van der Waals surface area contributed by atoms with Gasteiger partial charge in [0.1, 0.15) is 0 Å². The Labute approximate surface area is 79.6 Å². The van der Waals surface area contributed by atoms with E-state index in [1.54, 1.807) is 6.92 Å². The second-order valence-corrected chi connectivity index (χ2v) is 4.23. The SMILES string of the molecule is CC(=O)N1CCCCC12CC=CC2. The number of hydrogen-bond acceptors (Lipinski definition) is 1. The van der Waals surface area contributed by atoms with E-state index in [1.807, 2.05) is 0 Å². The molecule has 0 aromatic heterocycles. The highest BCUT2D eigenvalue weighted by atomic mass is 16.2. The molecule has 2 heteroatoms. The van der Waals surface area contributed by atoms with E-state index >= 15 is 0 Å². The van der Waals surface area contributed by atoms with Crippen LogP contribution in [-0.2, 0) is 4.79 Å². The minimum atomic E-state index is 0.185. The summed E-state index contributed by atoms with van der Waals surface area (Å²) >= 11 is 0. The van der Waals surface area contributed by atoms with E-state index in [2.05, 4.69) is 17.1 Å². The van der Waals surface area contributed by atoms with Gasteiger partial charge in [0.05, 0.1) is 0 Å². The van der Waals surface area contributed by atoms with Crippen molar-refractivity contribution in [1.29, 1.82) is 0 Å². The first-order chi connectivity index (χ1) is 6.25. The molecule has 13 heavy (non-hydrogen) atoms. The van der Waals surface area contributed by atoms with Crippen LogP contribution in [0, 0.1) is 0 Å². The van der Waals surface area contributed by atoms with E-state index in [0.717, 1.165) is 19.4 Å². The molecule has 1 aliphatic carbocycles. The molecule has 1 fully saturated rings.